The maximum absolute atomic E-state index is 14.3. The first-order valence-electron chi connectivity index (χ1n) is 17.4. The Morgan fingerprint density at radius 2 is 1.80 bits per heavy atom. The summed E-state index contributed by atoms with van der Waals surface area (Å²) >= 11 is 7.63. The van der Waals surface area contributed by atoms with Crippen molar-refractivity contribution in [1.29, 1.82) is 0 Å². The van der Waals surface area contributed by atoms with Crippen LogP contribution in [0.4, 0.5) is 0 Å². The highest BCUT2D eigenvalue weighted by molar-refractivity contribution is 7.18. The Morgan fingerprint density at radius 3 is 2.57 bits per heavy atom. The van der Waals surface area contributed by atoms with Gasteiger partial charge in [0.25, 0.3) is 0 Å². The molecule has 0 spiro atoms. The Balaban J connectivity index is 1.34. The van der Waals surface area contributed by atoms with Gasteiger partial charge in [-0.25, -0.2) is 4.98 Å². The van der Waals surface area contributed by atoms with Crippen molar-refractivity contribution in [3.05, 3.63) is 58.1 Å². The monoisotopic (exact) mass is 710 g/mol. The standard InChI is InChI=1S/C37H47ClN4O6S/c1-2-27(43)19-25(21-34-40-30-11-10-26(38)22-33(30)49-34)37(46)42-35(23-12-16-47-17-13-23)31(44)20-24(7-5-6-15-39)36(45)41-29-14-18-48-32-9-4-3-8-28(29)32/h3-4,8-11,22-25,29,35H,2,5-7,12-21,39H2,1H3,(H,41,45)(H,42,46)/t24-,25-,29-,35+/m1/s1. The lowest BCUT2D eigenvalue weighted by Crippen LogP contribution is -2.50. The minimum Gasteiger partial charge on any atom is -0.493 e. The molecule has 0 unspecified atom stereocenters. The predicted octanol–water partition coefficient (Wildman–Crippen LogP) is 5.73. The highest BCUT2D eigenvalue weighted by atomic mass is 35.5. The molecule has 10 nitrogen and oxygen atoms in total. The molecule has 3 heterocycles. The third kappa shape index (κ3) is 10.1. The van der Waals surface area contributed by atoms with Crippen molar-refractivity contribution in [3.63, 3.8) is 0 Å². The van der Waals surface area contributed by atoms with Crippen LogP contribution in [-0.2, 0) is 30.3 Å². The summed E-state index contributed by atoms with van der Waals surface area (Å²) in [5.74, 6) is -1.44. The van der Waals surface area contributed by atoms with E-state index in [2.05, 4.69) is 10.6 Å². The normalized spacial score (nSPS) is 18.1. The Bertz CT molecular complexity index is 1610. The number of amides is 2. The summed E-state index contributed by atoms with van der Waals surface area (Å²) in [6, 6.07) is 12.1. The van der Waals surface area contributed by atoms with Crippen molar-refractivity contribution in [3.8, 4) is 5.75 Å². The van der Waals surface area contributed by atoms with Crippen LogP contribution in [0.2, 0.25) is 5.02 Å². The molecule has 1 saturated heterocycles. The van der Waals surface area contributed by atoms with Crippen molar-refractivity contribution < 1.29 is 28.7 Å². The van der Waals surface area contributed by atoms with Crippen molar-refractivity contribution in [2.24, 2.45) is 23.5 Å². The van der Waals surface area contributed by atoms with Gasteiger partial charge in [-0.15, -0.1) is 11.3 Å². The van der Waals surface area contributed by atoms with E-state index in [1.165, 1.54) is 11.3 Å². The summed E-state index contributed by atoms with van der Waals surface area (Å²) in [7, 11) is 0. The number of ketones is 2. The first-order chi connectivity index (χ1) is 23.7. The van der Waals surface area contributed by atoms with Crippen LogP contribution in [0.1, 0.15) is 81.3 Å². The molecule has 3 aromatic rings. The van der Waals surface area contributed by atoms with Crippen LogP contribution in [0.3, 0.4) is 0 Å². The number of hydrogen-bond donors (Lipinski definition) is 3. The SMILES string of the molecule is CCC(=O)C[C@H](Cc1nc2ccc(Cl)cc2s1)C(=O)N[C@H](C(=O)C[C@@H](CCCCN)C(=O)N[C@@H]1CCOc2ccccc21)C1CCOCC1. The van der Waals surface area contributed by atoms with Gasteiger partial charge in [-0.2, -0.15) is 0 Å². The van der Waals surface area contributed by atoms with Crippen LogP contribution in [0.25, 0.3) is 10.2 Å². The first kappa shape index (κ1) is 36.9. The zero-order valence-electron chi connectivity index (χ0n) is 28.1. The first-order valence-corrected chi connectivity index (χ1v) is 18.6. The number of fused-ring (bicyclic) bond motifs is 2. The molecule has 2 aliphatic heterocycles. The third-order valence-electron chi connectivity index (χ3n) is 9.54. The van der Waals surface area contributed by atoms with Gasteiger partial charge >= 0.3 is 0 Å². The number of halogens is 1. The van der Waals surface area contributed by atoms with Crippen molar-refractivity contribution in [2.45, 2.75) is 83.2 Å². The second kappa shape index (κ2) is 18.0. The van der Waals surface area contributed by atoms with Crippen LogP contribution in [0.5, 0.6) is 5.75 Å². The minimum atomic E-state index is -0.807. The number of nitrogens with zero attached hydrogens (tertiary/aromatic N) is 1. The summed E-state index contributed by atoms with van der Waals surface area (Å²) in [6.07, 6.45) is 4.39. The van der Waals surface area contributed by atoms with Gasteiger partial charge in [0.1, 0.15) is 11.5 Å². The summed E-state index contributed by atoms with van der Waals surface area (Å²) in [6.45, 7) is 3.74. The number of unbranched alkanes of at least 4 members (excludes halogenated alkanes) is 1. The average molecular weight is 711 g/mol. The number of Topliss-reactive ketones (excluding diaryl/α,β-unsaturated/α-hetero) is 2. The van der Waals surface area contributed by atoms with Crippen LogP contribution in [-0.4, -0.2) is 60.8 Å². The fraction of sp³-hybridized carbons (Fsp3) is 0.541. The van der Waals surface area contributed by atoms with E-state index in [4.69, 9.17) is 31.8 Å². The third-order valence-corrected chi connectivity index (χ3v) is 10.8. The van der Waals surface area contributed by atoms with Crippen molar-refractivity contribution >= 4 is 56.5 Å². The number of carbonyl (C=O) groups excluding carboxylic acids is 4. The zero-order valence-corrected chi connectivity index (χ0v) is 29.7. The lowest BCUT2D eigenvalue weighted by molar-refractivity contribution is -0.136. The lowest BCUT2D eigenvalue weighted by Gasteiger charge is -2.32. The van der Waals surface area contributed by atoms with Gasteiger partial charge in [0.05, 0.1) is 39.8 Å². The van der Waals surface area contributed by atoms with E-state index < -0.39 is 17.9 Å². The predicted molar refractivity (Wildman–Crippen MR) is 191 cm³/mol. The number of nitrogens with two attached hydrogens (primary N) is 1. The molecule has 1 aromatic heterocycles. The molecule has 0 bridgehead atoms. The Kier molecular flexibility index (Phi) is 13.6. The van der Waals surface area contributed by atoms with Gasteiger partial charge in [-0.05, 0) is 62.4 Å². The Labute approximate surface area is 296 Å². The number of carbonyl (C=O) groups is 4. The molecular formula is C37H47ClN4O6S. The Hall–Kier alpha value is -3.38. The summed E-state index contributed by atoms with van der Waals surface area (Å²) in [4.78, 5) is 59.5. The number of para-hydroxylation sites is 1. The molecule has 4 atom stereocenters. The molecule has 0 saturated carbocycles. The topological polar surface area (TPSA) is 150 Å². The maximum atomic E-state index is 14.3. The number of benzene rings is 2. The van der Waals surface area contributed by atoms with Gasteiger partial charge in [0, 0.05) is 61.8 Å². The molecule has 2 amide bonds. The highest BCUT2D eigenvalue weighted by Crippen LogP contribution is 2.33. The van der Waals surface area contributed by atoms with E-state index in [1.807, 2.05) is 36.4 Å². The molecule has 0 aliphatic carbocycles. The molecule has 12 heteroatoms. The lowest BCUT2D eigenvalue weighted by atomic mass is 9.83. The molecule has 264 valence electrons. The fourth-order valence-corrected chi connectivity index (χ4v) is 8.04. The van der Waals surface area contributed by atoms with Gasteiger partial charge < -0.3 is 25.8 Å². The summed E-state index contributed by atoms with van der Waals surface area (Å²) in [5, 5.41) is 7.59. The second-order valence-electron chi connectivity index (χ2n) is 13.0. The number of rotatable bonds is 17. The van der Waals surface area contributed by atoms with Crippen molar-refractivity contribution in [1.82, 2.24) is 15.6 Å². The molecular weight excluding hydrogens is 664 g/mol. The minimum absolute atomic E-state index is 0.0131. The van der Waals surface area contributed by atoms with E-state index >= 15 is 0 Å². The van der Waals surface area contributed by atoms with Crippen LogP contribution in [0.15, 0.2) is 42.5 Å². The molecule has 0 radical (unpaired) electrons. The van der Waals surface area contributed by atoms with E-state index in [1.54, 1.807) is 13.0 Å². The number of aromatic nitrogens is 1. The van der Waals surface area contributed by atoms with Gasteiger partial charge in [-0.1, -0.05) is 43.1 Å². The van der Waals surface area contributed by atoms with Gasteiger partial charge in [0.2, 0.25) is 11.8 Å². The number of ether oxygens (including phenoxy) is 2. The maximum Gasteiger partial charge on any atom is 0.224 e. The zero-order chi connectivity index (χ0) is 34.8. The quantitative estimate of drug-likeness (QED) is 0.150. The molecule has 1 fully saturated rings. The largest absolute Gasteiger partial charge is 0.493 e. The fourth-order valence-electron chi connectivity index (χ4n) is 6.71. The molecule has 2 aliphatic rings. The molecule has 4 N–H and O–H groups in total. The summed E-state index contributed by atoms with van der Waals surface area (Å²) < 4.78 is 12.3. The number of hydrogen-bond acceptors (Lipinski definition) is 9. The van der Waals surface area contributed by atoms with Crippen LogP contribution >= 0.6 is 22.9 Å². The van der Waals surface area contributed by atoms with Crippen LogP contribution in [0, 0.1) is 17.8 Å². The van der Waals surface area contributed by atoms with Crippen molar-refractivity contribution in [2.75, 3.05) is 26.4 Å². The summed E-state index contributed by atoms with van der Waals surface area (Å²) in [5.41, 5.74) is 7.48. The smallest absolute Gasteiger partial charge is 0.224 e. The molecule has 5 rings (SSSR count). The Morgan fingerprint density at radius 1 is 1.00 bits per heavy atom. The van der Waals surface area contributed by atoms with E-state index in [-0.39, 0.29) is 54.6 Å². The average Bonchev–Trinajstić information content (AvgIpc) is 3.51. The van der Waals surface area contributed by atoms with E-state index in [0.29, 0.717) is 69.9 Å². The number of thiazole rings is 1. The van der Waals surface area contributed by atoms with E-state index in [9.17, 15) is 19.2 Å². The highest BCUT2D eigenvalue weighted by Gasteiger charge is 2.36. The van der Waals surface area contributed by atoms with E-state index in [0.717, 1.165) is 33.0 Å². The molecule has 2 aromatic carbocycles. The van der Waals surface area contributed by atoms with Crippen LogP contribution < -0.4 is 21.1 Å². The van der Waals surface area contributed by atoms with Gasteiger partial charge in [0.15, 0.2) is 5.78 Å². The number of nitrogens with one attached hydrogen (secondary N) is 2. The molecule has 49 heavy (non-hydrogen) atoms. The van der Waals surface area contributed by atoms with Gasteiger partial charge in [-0.3, -0.25) is 19.2 Å². The second-order valence-corrected chi connectivity index (χ2v) is 14.6.